The summed E-state index contributed by atoms with van der Waals surface area (Å²) in [5.74, 6) is 1.25. The molecule has 1 aliphatic rings. The minimum Gasteiger partial charge on any atom is -0.454 e. The summed E-state index contributed by atoms with van der Waals surface area (Å²) in [5, 5.41) is 0.776. The van der Waals surface area contributed by atoms with Crippen LogP contribution in [-0.2, 0) is 7.05 Å². The van der Waals surface area contributed by atoms with Gasteiger partial charge < -0.3 is 14.0 Å². The molecule has 0 N–H and O–H groups in total. The quantitative estimate of drug-likeness (QED) is 0.689. The molecule has 1 aromatic heterocycles. The van der Waals surface area contributed by atoms with Crippen molar-refractivity contribution >= 4 is 17.2 Å². The van der Waals surface area contributed by atoms with E-state index >= 15 is 0 Å². The molecule has 5 heteroatoms. The van der Waals surface area contributed by atoms with Gasteiger partial charge in [0, 0.05) is 18.5 Å². The van der Waals surface area contributed by atoms with Crippen molar-refractivity contribution < 1.29 is 14.3 Å². The summed E-state index contributed by atoms with van der Waals surface area (Å²) in [6, 6.07) is 5.07. The fourth-order valence-corrected chi connectivity index (χ4v) is 1.97. The average molecular weight is 231 g/mol. The zero-order valence-electron chi connectivity index (χ0n) is 9.10. The summed E-state index contributed by atoms with van der Waals surface area (Å²) >= 11 is 0. The van der Waals surface area contributed by atoms with Crippen LogP contribution in [0.2, 0.25) is 0 Å². The highest BCUT2D eigenvalue weighted by Crippen LogP contribution is 2.35. The van der Waals surface area contributed by atoms with Gasteiger partial charge in [-0.1, -0.05) is 0 Å². The molecule has 0 saturated heterocycles. The first-order chi connectivity index (χ1) is 8.20. The van der Waals surface area contributed by atoms with Gasteiger partial charge in [-0.05, 0) is 12.1 Å². The summed E-state index contributed by atoms with van der Waals surface area (Å²) in [6.45, 7) is 0.181. The second-order valence-electron chi connectivity index (χ2n) is 3.85. The monoisotopic (exact) mass is 231 g/mol. The van der Waals surface area contributed by atoms with Crippen molar-refractivity contribution in [3.05, 3.63) is 34.1 Å². The minimum absolute atomic E-state index is 0.138. The van der Waals surface area contributed by atoms with Crippen LogP contribution in [0, 0.1) is 0 Å². The van der Waals surface area contributed by atoms with E-state index in [9.17, 15) is 9.59 Å². The van der Waals surface area contributed by atoms with Gasteiger partial charge in [-0.15, -0.1) is 0 Å². The Balaban J connectivity index is 2.43. The number of fused-ring (bicyclic) bond motifs is 2. The molecule has 0 unspecified atom stereocenters. The van der Waals surface area contributed by atoms with E-state index in [0.717, 1.165) is 5.39 Å². The zero-order valence-corrected chi connectivity index (χ0v) is 9.10. The largest absolute Gasteiger partial charge is 0.454 e. The minimum atomic E-state index is -0.314. The van der Waals surface area contributed by atoms with Crippen molar-refractivity contribution in [2.75, 3.05) is 6.79 Å². The summed E-state index contributed by atoms with van der Waals surface area (Å²) in [7, 11) is 1.62. The van der Waals surface area contributed by atoms with Crippen LogP contribution in [0.25, 0.3) is 10.9 Å². The van der Waals surface area contributed by atoms with Crippen LogP contribution in [0.4, 0.5) is 0 Å². The van der Waals surface area contributed by atoms with Crippen molar-refractivity contribution in [2.45, 2.75) is 0 Å². The predicted octanol–water partition coefficient (Wildman–Crippen LogP) is 1.08. The standard InChI is InChI=1S/C12H9NO4/c1-13-9-4-11-10(16-6-17-11)3-7(9)2-8(5-14)12(13)15/h2-5H,6H2,1H3. The molecule has 0 bridgehead atoms. The third-order valence-corrected chi connectivity index (χ3v) is 2.87. The van der Waals surface area contributed by atoms with Crippen molar-refractivity contribution in [2.24, 2.45) is 7.05 Å². The Kier molecular flexibility index (Phi) is 1.95. The van der Waals surface area contributed by atoms with E-state index in [0.29, 0.717) is 23.3 Å². The SMILES string of the molecule is Cn1c(=O)c(C=O)cc2cc3c(cc21)OCO3. The van der Waals surface area contributed by atoms with E-state index in [-0.39, 0.29) is 17.9 Å². The Bertz CT molecular complexity index is 687. The molecule has 2 heterocycles. The second kappa shape index (κ2) is 3.35. The molecule has 0 amide bonds. The highest BCUT2D eigenvalue weighted by atomic mass is 16.7. The maximum atomic E-state index is 11.8. The molecule has 0 saturated carbocycles. The fourth-order valence-electron chi connectivity index (χ4n) is 1.97. The molecule has 1 aromatic carbocycles. The molecule has 0 atom stereocenters. The number of pyridine rings is 1. The molecule has 0 spiro atoms. The van der Waals surface area contributed by atoms with E-state index in [2.05, 4.69) is 0 Å². The number of aryl methyl sites for hydroxylation is 1. The number of aldehydes is 1. The number of nitrogens with zero attached hydrogens (tertiary/aromatic N) is 1. The van der Waals surface area contributed by atoms with Crippen LogP contribution >= 0.6 is 0 Å². The van der Waals surface area contributed by atoms with E-state index < -0.39 is 0 Å². The lowest BCUT2D eigenvalue weighted by Crippen LogP contribution is -2.20. The smallest absolute Gasteiger partial charge is 0.261 e. The maximum Gasteiger partial charge on any atom is 0.261 e. The van der Waals surface area contributed by atoms with Gasteiger partial charge in [-0.3, -0.25) is 9.59 Å². The second-order valence-corrected chi connectivity index (χ2v) is 3.85. The maximum absolute atomic E-state index is 11.8. The zero-order chi connectivity index (χ0) is 12.0. The van der Waals surface area contributed by atoms with Crippen LogP contribution in [0.1, 0.15) is 10.4 Å². The summed E-state index contributed by atoms with van der Waals surface area (Å²) in [5.41, 5.74) is 0.537. The molecule has 0 radical (unpaired) electrons. The number of hydrogen-bond donors (Lipinski definition) is 0. The number of aromatic nitrogens is 1. The Hall–Kier alpha value is -2.30. The van der Waals surface area contributed by atoms with Crippen LogP contribution in [0.5, 0.6) is 11.5 Å². The van der Waals surface area contributed by atoms with Crippen LogP contribution in [-0.4, -0.2) is 17.6 Å². The number of ether oxygens (including phenoxy) is 2. The van der Waals surface area contributed by atoms with Gasteiger partial charge in [0.05, 0.1) is 11.1 Å². The molecule has 0 fully saturated rings. The van der Waals surface area contributed by atoms with Crippen molar-refractivity contribution in [1.29, 1.82) is 0 Å². The first kappa shape index (κ1) is 9.89. The highest BCUT2D eigenvalue weighted by molar-refractivity contribution is 5.88. The van der Waals surface area contributed by atoms with Gasteiger partial charge in [0.1, 0.15) is 0 Å². The average Bonchev–Trinajstić information content (AvgIpc) is 2.78. The summed E-state index contributed by atoms with van der Waals surface area (Å²) in [6.07, 6.45) is 0.562. The summed E-state index contributed by atoms with van der Waals surface area (Å²) in [4.78, 5) is 22.6. The number of hydrogen-bond acceptors (Lipinski definition) is 4. The molecule has 17 heavy (non-hydrogen) atoms. The summed E-state index contributed by atoms with van der Waals surface area (Å²) < 4.78 is 11.9. The van der Waals surface area contributed by atoms with Gasteiger partial charge in [-0.25, -0.2) is 0 Å². The molecule has 1 aliphatic heterocycles. The van der Waals surface area contributed by atoms with Crippen LogP contribution in [0.3, 0.4) is 0 Å². The predicted molar refractivity (Wildman–Crippen MR) is 60.7 cm³/mol. The first-order valence-electron chi connectivity index (χ1n) is 5.09. The molecule has 2 aromatic rings. The topological polar surface area (TPSA) is 57.5 Å². The van der Waals surface area contributed by atoms with Gasteiger partial charge in [0.2, 0.25) is 6.79 Å². The molecular formula is C12H9NO4. The molecule has 3 rings (SSSR count). The van der Waals surface area contributed by atoms with E-state index in [1.54, 1.807) is 25.2 Å². The number of carbonyl (C=O) groups excluding carboxylic acids is 1. The van der Waals surface area contributed by atoms with E-state index in [1.165, 1.54) is 4.57 Å². The number of carbonyl (C=O) groups is 1. The van der Waals surface area contributed by atoms with Gasteiger partial charge in [-0.2, -0.15) is 0 Å². The van der Waals surface area contributed by atoms with Crippen molar-refractivity contribution in [3.63, 3.8) is 0 Å². The normalized spacial score (nSPS) is 13.0. The molecular weight excluding hydrogens is 222 g/mol. The Labute approximate surface area is 96.2 Å². The van der Waals surface area contributed by atoms with E-state index in [1.807, 2.05) is 0 Å². The number of benzene rings is 1. The van der Waals surface area contributed by atoms with Crippen molar-refractivity contribution in [3.8, 4) is 11.5 Å². The first-order valence-corrected chi connectivity index (χ1v) is 5.09. The lowest BCUT2D eigenvalue weighted by Gasteiger charge is -2.07. The lowest BCUT2D eigenvalue weighted by molar-refractivity contribution is 0.112. The van der Waals surface area contributed by atoms with Gasteiger partial charge in [0.15, 0.2) is 17.8 Å². The third kappa shape index (κ3) is 1.32. The van der Waals surface area contributed by atoms with Gasteiger partial charge >= 0.3 is 0 Å². The van der Waals surface area contributed by atoms with Crippen LogP contribution in [0.15, 0.2) is 23.0 Å². The molecule has 0 aliphatic carbocycles. The van der Waals surface area contributed by atoms with Crippen molar-refractivity contribution in [1.82, 2.24) is 4.57 Å². The van der Waals surface area contributed by atoms with Gasteiger partial charge in [0.25, 0.3) is 5.56 Å². The van der Waals surface area contributed by atoms with E-state index in [4.69, 9.17) is 9.47 Å². The highest BCUT2D eigenvalue weighted by Gasteiger charge is 2.16. The Morgan fingerprint density at radius 3 is 2.65 bits per heavy atom. The Morgan fingerprint density at radius 1 is 1.24 bits per heavy atom. The number of rotatable bonds is 1. The lowest BCUT2D eigenvalue weighted by atomic mass is 10.1. The Morgan fingerprint density at radius 2 is 1.94 bits per heavy atom. The van der Waals surface area contributed by atoms with Crippen LogP contribution < -0.4 is 15.0 Å². The molecule has 5 nitrogen and oxygen atoms in total. The molecule has 86 valence electrons. The third-order valence-electron chi connectivity index (χ3n) is 2.87. The fraction of sp³-hybridized carbons (Fsp3) is 0.167.